The lowest BCUT2D eigenvalue weighted by Gasteiger charge is -2.19. The average molecular weight is 265 g/mol. The van der Waals surface area contributed by atoms with Gasteiger partial charge in [0, 0.05) is 23.9 Å². The van der Waals surface area contributed by atoms with Crippen LogP contribution in [-0.4, -0.2) is 16.3 Å². The van der Waals surface area contributed by atoms with E-state index in [-0.39, 0.29) is 0 Å². The van der Waals surface area contributed by atoms with Crippen molar-refractivity contribution in [3.8, 4) is 0 Å². The molecule has 0 saturated heterocycles. The largest absolute Gasteiger partial charge is 0.306 e. The molecule has 2 aromatic rings. The van der Waals surface area contributed by atoms with Crippen molar-refractivity contribution in [3.05, 3.63) is 52.9 Å². The van der Waals surface area contributed by atoms with E-state index in [1.54, 1.807) is 10.9 Å². The van der Waals surface area contributed by atoms with Crippen LogP contribution in [0.15, 0.2) is 24.4 Å². The van der Waals surface area contributed by atoms with Crippen molar-refractivity contribution in [1.29, 1.82) is 0 Å². The quantitative estimate of drug-likeness (QED) is 0.921. The highest BCUT2D eigenvalue weighted by atomic mass is 19.1. The fourth-order valence-electron chi connectivity index (χ4n) is 2.13. The minimum atomic E-state index is -0.444. The summed E-state index contributed by atoms with van der Waals surface area (Å²) in [5.41, 5.74) is 2.08. The van der Waals surface area contributed by atoms with Crippen molar-refractivity contribution in [3.63, 3.8) is 0 Å². The smallest absolute Gasteiger partial charge is 0.128 e. The van der Waals surface area contributed by atoms with Crippen LogP contribution in [0.5, 0.6) is 0 Å². The Hall–Kier alpha value is -1.75. The molecule has 1 N–H and O–H groups in total. The Balaban J connectivity index is 2.51. The standard InChI is InChI=1S/C14H17F2N3/c1-4-17-14(12-8-18-19(3)9(12)2)11-7-10(15)5-6-13(11)16/h5-8,14,17H,4H2,1-3H3. The number of aryl methyl sites for hydroxylation is 1. The normalized spacial score (nSPS) is 12.7. The van der Waals surface area contributed by atoms with Crippen molar-refractivity contribution >= 4 is 0 Å². The predicted molar refractivity (Wildman–Crippen MR) is 69.8 cm³/mol. The second-order valence-corrected chi connectivity index (χ2v) is 4.47. The zero-order chi connectivity index (χ0) is 14.0. The molecule has 0 aliphatic carbocycles. The molecule has 0 fully saturated rings. The molecule has 0 amide bonds. The first-order chi connectivity index (χ1) is 9.04. The molecule has 0 aliphatic rings. The van der Waals surface area contributed by atoms with Crippen molar-refractivity contribution in [2.24, 2.45) is 7.05 Å². The summed E-state index contributed by atoms with van der Waals surface area (Å²) in [7, 11) is 1.82. The highest BCUT2D eigenvalue weighted by Gasteiger charge is 2.21. The number of aromatic nitrogens is 2. The molecule has 1 atom stereocenters. The van der Waals surface area contributed by atoms with E-state index in [1.807, 2.05) is 20.9 Å². The number of halogens is 2. The van der Waals surface area contributed by atoms with Crippen LogP contribution >= 0.6 is 0 Å². The number of benzene rings is 1. The molecule has 1 heterocycles. The van der Waals surface area contributed by atoms with Gasteiger partial charge in [-0.25, -0.2) is 8.78 Å². The van der Waals surface area contributed by atoms with Gasteiger partial charge in [-0.3, -0.25) is 4.68 Å². The van der Waals surface area contributed by atoms with E-state index >= 15 is 0 Å². The summed E-state index contributed by atoms with van der Waals surface area (Å²) in [6.07, 6.45) is 1.69. The van der Waals surface area contributed by atoms with Crippen LogP contribution in [-0.2, 0) is 7.05 Å². The molecule has 1 aromatic carbocycles. The molecule has 19 heavy (non-hydrogen) atoms. The van der Waals surface area contributed by atoms with E-state index in [9.17, 15) is 8.78 Å². The molecule has 0 radical (unpaired) electrons. The highest BCUT2D eigenvalue weighted by Crippen LogP contribution is 2.27. The van der Waals surface area contributed by atoms with E-state index in [0.29, 0.717) is 12.1 Å². The third-order valence-electron chi connectivity index (χ3n) is 3.26. The van der Waals surface area contributed by atoms with Gasteiger partial charge in [0.15, 0.2) is 0 Å². The van der Waals surface area contributed by atoms with Crippen LogP contribution in [0.2, 0.25) is 0 Å². The van der Waals surface area contributed by atoms with Gasteiger partial charge >= 0.3 is 0 Å². The Bertz CT molecular complexity index is 578. The second-order valence-electron chi connectivity index (χ2n) is 4.47. The molecule has 1 unspecified atom stereocenters. The van der Waals surface area contributed by atoms with Crippen LogP contribution < -0.4 is 5.32 Å². The molecule has 0 bridgehead atoms. The number of hydrogen-bond donors (Lipinski definition) is 1. The Morgan fingerprint density at radius 3 is 2.63 bits per heavy atom. The van der Waals surface area contributed by atoms with Crippen LogP contribution in [0, 0.1) is 18.6 Å². The second kappa shape index (κ2) is 5.48. The van der Waals surface area contributed by atoms with Crippen molar-refractivity contribution in [2.75, 3.05) is 6.54 Å². The third-order valence-corrected chi connectivity index (χ3v) is 3.26. The minimum Gasteiger partial charge on any atom is -0.306 e. The summed E-state index contributed by atoms with van der Waals surface area (Å²) >= 11 is 0. The van der Waals surface area contributed by atoms with Crippen molar-refractivity contribution in [2.45, 2.75) is 19.9 Å². The Morgan fingerprint density at radius 1 is 1.32 bits per heavy atom. The lowest BCUT2D eigenvalue weighted by molar-refractivity contribution is 0.543. The van der Waals surface area contributed by atoms with Gasteiger partial charge in [0.25, 0.3) is 0 Å². The maximum atomic E-state index is 13.9. The highest BCUT2D eigenvalue weighted by molar-refractivity contribution is 5.34. The molecule has 3 nitrogen and oxygen atoms in total. The van der Waals surface area contributed by atoms with Crippen LogP contribution in [0.1, 0.15) is 29.8 Å². The molecular formula is C14H17F2N3. The molecule has 5 heteroatoms. The van der Waals surface area contributed by atoms with Gasteiger partial charge in [0.1, 0.15) is 11.6 Å². The third kappa shape index (κ3) is 2.66. The van der Waals surface area contributed by atoms with Gasteiger partial charge in [0.05, 0.1) is 12.2 Å². The van der Waals surface area contributed by atoms with Crippen LogP contribution in [0.4, 0.5) is 8.78 Å². The molecule has 1 aromatic heterocycles. The molecule has 2 rings (SSSR count). The van der Waals surface area contributed by atoms with Crippen molar-refractivity contribution in [1.82, 2.24) is 15.1 Å². The molecule has 0 spiro atoms. The van der Waals surface area contributed by atoms with Gasteiger partial charge in [-0.05, 0) is 31.7 Å². The predicted octanol–water partition coefficient (Wildman–Crippen LogP) is 2.71. The first-order valence-electron chi connectivity index (χ1n) is 6.21. The molecular weight excluding hydrogens is 248 g/mol. The Labute approximate surface area is 111 Å². The fourth-order valence-corrected chi connectivity index (χ4v) is 2.13. The first-order valence-corrected chi connectivity index (χ1v) is 6.21. The number of nitrogens with zero attached hydrogens (tertiary/aromatic N) is 2. The summed E-state index contributed by atoms with van der Waals surface area (Å²) in [6.45, 7) is 4.48. The van der Waals surface area contributed by atoms with E-state index in [4.69, 9.17) is 0 Å². The summed E-state index contributed by atoms with van der Waals surface area (Å²) in [4.78, 5) is 0. The average Bonchev–Trinajstić information content (AvgIpc) is 2.71. The monoisotopic (exact) mass is 265 g/mol. The SMILES string of the molecule is CCNC(c1cc(F)ccc1F)c1cnn(C)c1C. The zero-order valence-electron chi connectivity index (χ0n) is 11.2. The topological polar surface area (TPSA) is 29.9 Å². The van der Waals surface area contributed by atoms with Crippen molar-refractivity contribution < 1.29 is 8.78 Å². The van der Waals surface area contributed by atoms with Gasteiger partial charge in [0.2, 0.25) is 0 Å². The Kier molecular flexibility index (Phi) is 3.95. The lowest BCUT2D eigenvalue weighted by atomic mass is 9.98. The summed E-state index contributed by atoms with van der Waals surface area (Å²) < 4.78 is 29.0. The lowest BCUT2D eigenvalue weighted by Crippen LogP contribution is -2.23. The summed E-state index contributed by atoms with van der Waals surface area (Å²) in [5, 5.41) is 7.33. The van der Waals surface area contributed by atoms with Crippen LogP contribution in [0.3, 0.4) is 0 Å². The van der Waals surface area contributed by atoms with E-state index in [1.165, 1.54) is 6.07 Å². The Morgan fingerprint density at radius 2 is 2.05 bits per heavy atom. The van der Waals surface area contributed by atoms with Gasteiger partial charge in [-0.1, -0.05) is 6.92 Å². The van der Waals surface area contributed by atoms with E-state index < -0.39 is 17.7 Å². The maximum absolute atomic E-state index is 13.9. The van der Waals surface area contributed by atoms with Gasteiger partial charge in [-0.15, -0.1) is 0 Å². The fraction of sp³-hybridized carbons (Fsp3) is 0.357. The molecule has 0 aliphatic heterocycles. The van der Waals surface area contributed by atoms with E-state index in [2.05, 4.69) is 10.4 Å². The number of rotatable bonds is 4. The van der Waals surface area contributed by atoms with Gasteiger partial charge in [-0.2, -0.15) is 5.10 Å². The molecule has 0 saturated carbocycles. The maximum Gasteiger partial charge on any atom is 0.128 e. The molecule has 102 valence electrons. The van der Waals surface area contributed by atoms with E-state index in [0.717, 1.165) is 23.4 Å². The summed E-state index contributed by atoms with van der Waals surface area (Å²) in [6, 6.07) is 3.11. The summed E-state index contributed by atoms with van der Waals surface area (Å²) in [5.74, 6) is -0.864. The number of nitrogens with one attached hydrogen (secondary N) is 1. The zero-order valence-corrected chi connectivity index (χ0v) is 11.2. The number of hydrogen-bond acceptors (Lipinski definition) is 2. The van der Waals surface area contributed by atoms with Gasteiger partial charge < -0.3 is 5.32 Å². The first kappa shape index (κ1) is 13.7. The minimum absolute atomic E-state index is 0.304. The van der Waals surface area contributed by atoms with Crippen LogP contribution in [0.25, 0.3) is 0 Å².